The van der Waals surface area contributed by atoms with Crippen molar-refractivity contribution in [3.8, 4) is 11.3 Å². The van der Waals surface area contributed by atoms with E-state index >= 15 is 0 Å². The molecule has 0 bridgehead atoms. The van der Waals surface area contributed by atoms with Gasteiger partial charge in [-0.05, 0) is 18.2 Å². The van der Waals surface area contributed by atoms with Gasteiger partial charge in [-0.2, -0.15) is 4.39 Å². The minimum absolute atomic E-state index is 0.531. The van der Waals surface area contributed by atoms with Crippen LogP contribution in [0.3, 0.4) is 0 Å². The molecule has 3 heterocycles. The average molecular weight is 267 g/mol. The van der Waals surface area contributed by atoms with E-state index in [0.717, 1.165) is 0 Å². The molecule has 6 heteroatoms. The third-order valence-electron chi connectivity index (χ3n) is 2.59. The van der Waals surface area contributed by atoms with Crippen molar-refractivity contribution in [2.75, 3.05) is 5.32 Å². The first-order valence-corrected chi connectivity index (χ1v) is 5.93. The number of rotatable bonds is 3. The summed E-state index contributed by atoms with van der Waals surface area (Å²) in [6, 6.07) is 8.48. The number of halogens is 1. The molecule has 0 saturated carbocycles. The van der Waals surface area contributed by atoms with E-state index in [-0.39, 0.29) is 0 Å². The Hall–Kier alpha value is -2.89. The van der Waals surface area contributed by atoms with E-state index in [0.29, 0.717) is 22.9 Å². The fraction of sp³-hybridized carbons (Fsp3) is 0. The maximum atomic E-state index is 13.1. The van der Waals surface area contributed by atoms with Crippen LogP contribution in [0.1, 0.15) is 0 Å². The van der Waals surface area contributed by atoms with Crippen molar-refractivity contribution in [3.63, 3.8) is 0 Å². The largest absolute Gasteiger partial charge is 0.324 e. The molecule has 0 aliphatic heterocycles. The van der Waals surface area contributed by atoms with Gasteiger partial charge < -0.3 is 5.32 Å². The van der Waals surface area contributed by atoms with E-state index in [9.17, 15) is 4.39 Å². The molecule has 0 amide bonds. The third kappa shape index (κ3) is 2.74. The van der Waals surface area contributed by atoms with Gasteiger partial charge in [0.15, 0.2) is 0 Å². The lowest BCUT2D eigenvalue weighted by atomic mass is 10.2. The Bertz CT molecular complexity index is 718. The summed E-state index contributed by atoms with van der Waals surface area (Å²) in [5.74, 6) is 0.676. The lowest BCUT2D eigenvalue weighted by Gasteiger charge is -2.06. The van der Waals surface area contributed by atoms with Crippen molar-refractivity contribution in [1.82, 2.24) is 19.9 Å². The van der Waals surface area contributed by atoms with Gasteiger partial charge in [0, 0.05) is 30.2 Å². The zero-order chi connectivity index (χ0) is 13.8. The molecule has 3 rings (SSSR count). The maximum absolute atomic E-state index is 13.1. The summed E-state index contributed by atoms with van der Waals surface area (Å²) in [7, 11) is 0. The molecule has 0 saturated heterocycles. The van der Waals surface area contributed by atoms with Crippen LogP contribution in [0.15, 0.2) is 55.1 Å². The third-order valence-corrected chi connectivity index (χ3v) is 2.59. The van der Waals surface area contributed by atoms with E-state index in [2.05, 4.69) is 25.3 Å². The summed E-state index contributed by atoms with van der Waals surface area (Å²) in [5.41, 5.74) is 1.32. The van der Waals surface area contributed by atoms with Gasteiger partial charge in [0.1, 0.15) is 11.6 Å². The summed E-state index contributed by atoms with van der Waals surface area (Å²) in [5, 5.41) is 3.03. The zero-order valence-corrected chi connectivity index (χ0v) is 10.4. The molecule has 5 nitrogen and oxygen atoms in total. The summed E-state index contributed by atoms with van der Waals surface area (Å²) in [6.45, 7) is 0. The van der Waals surface area contributed by atoms with Crippen LogP contribution < -0.4 is 5.32 Å². The van der Waals surface area contributed by atoms with Gasteiger partial charge in [0.2, 0.25) is 5.95 Å². The monoisotopic (exact) mass is 267 g/mol. The highest BCUT2D eigenvalue weighted by atomic mass is 19.1. The second-order valence-electron chi connectivity index (χ2n) is 3.99. The Morgan fingerprint density at radius 2 is 1.90 bits per heavy atom. The Morgan fingerprint density at radius 1 is 0.950 bits per heavy atom. The molecule has 0 unspecified atom stereocenters. The SMILES string of the molecule is Fc1cc(-c2cccc(Nc3cnccn3)n2)ccn1. The molecule has 0 aliphatic carbocycles. The molecule has 1 N–H and O–H groups in total. The first kappa shape index (κ1) is 12.2. The molecule has 0 atom stereocenters. The Balaban J connectivity index is 1.90. The molecule has 20 heavy (non-hydrogen) atoms. The van der Waals surface area contributed by atoms with E-state index in [1.165, 1.54) is 12.3 Å². The fourth-order valence-corrected chi connectivity index (χ4v) is 1.72. The first-order valence-electron chi connectivity index (χ1n) is 5.93. The minimum atomic E-state index is -0.531. The van der Waals surface area contributed by atoms with Crippen molar-refractivity contribution in [1.29, 1.82) is 0 Å². The predicted octanol–water partition coefficient (Wildman–Crippen LogP) is 2.82. The van der Waals surface area contributed by atoms with Crippen LogP contribution in [-0.2, 0) is 0 Å². The zero-order valence-electron chi connectivity index (χ0n) is 10.4. The summed E-state index contributed by atoms with van der Waals surface area (Å²) < 4.78 is 13.1. The molecule has 0 aliphatic rings. The van der Waals surface area contributed by atoms with Crippen molar-refractivity contribution < 1.29 is 4.39 Å². The number of nitrogens with zero attached hydrogens (tertiary/aromatic N) is 4. The number of hydrogen-bond donors (Lipinski definition) is 1. The Kier molecular flexibility index (Phi) is 3.28. The number of anilines is 2. The molecular weight excluding hydrogens is 257 g/mol. The van der Waals surface area contributed by atoms with Crippen LogP contribution in [0.2, 0.25) is 0 Å². The highest BCUT2D eigenvalue weighted by molar-refractivity contribution is 5.62. The van der Waals surface area contributed by atoms with Crippen LogP contribution >= 0.6 is 0 Å². The molecule has 0 spiro atoms. The van der Waals surface area contributed by atoms with Crippen LogP contribution in [0.5, 0.6) is 0 Å². The smallest absolute Gasteiger partial charge is 0.213 e. The summed E-state index contributed by atoms with van der Waals surface area (Å²) in [4.78, 5) is 16.0. The average Bonchev–Trinajstić information content (AvgIpc) is 2.49. The number of hydrogen-bond acceptors (Lipinski definition) is 5. The van der Waals surface area contributed by atoms with Crippen molar-refractivity contribution in [2.24, 2.45) is 0 Å². The summed E-state index contributed by atoms with van der Waals surface area (Å²) >= 11 is 0. The number of aromatic nitrogens is 4. The van der Waals surface area contributed by atoms with Gasteiger partial charge in [-0.25, -0.2) is 15.0 Å². The second kappa shape index (κ2) is 5.40. The Morgan fingerprint density at radius 3 is 2.70 bits per heavy atom. The molecule has 98 valence electrons. The first-order chi connectivity index (χ1) is 9.81. The molecule has 0 radical (unpaired) electrons. The standard InChI is InChI=1S/C14H10FN5/c15-12-8-10(4-5-17-12)11-2-1-3-13(19-11)20-14-9-16-6-7-18-14/h1-9H,(H,18,19,20). The normalized spacial score (nSPS) is 10.2. The number of pyridine rings is 2. The van der Waals surface area contributed by atoms with Gasteiger partial charge in [-0.15, -0.1) is 0 Å². The maximum Gasteiger partial charge on any atom is 0.213 e. The topological polar surface area (TPSA) is 63.6 Å². The van der Waals surface area contributed by atoms with Gasteiger partial charge in [0.25, 0.3) is 0 Å². The van der Waals surface area contributed by atoms with E-state index in [1.54, 1.807) is 36.8 Å². The lowest BCUT2D eigenvalue weighted by molar-refractivity contribution is 0.584. The van der Waals surface area contributed by atoms with Crippen LogP contribution in [0, 0.1) is 5.95 Å². The van der Waals surface area contributed by atoms with Crippen molar-refractivity contribution >= 4 is 11.6 Å². The second-order valence-corrected chi connectivity index (χ2v) is 3.99. The van der Waals surface area contributed by atoms with Crippen LogP contribution in [-0.4, -0.2) is 19.9 Å². The minimum Gasteiger partial charge on any atom is -0.324 e. The van der Waals surface area contributed by atoms with E-state index in [1.807, 2.05) is 6.07 Å². The molecular formula is C14H10FN5. The molecule has 3 aromatic heterocycles. The summed E-state index contributed by atoms with van der Waals surface area (Å²) in [6.07, 6.45) is 6.19. The van der Waals surface area contributed by atoms with Crippen molar-refractivity contribution in [3.05, 3.63) is 61.1 Å². The van der Waals surface area contributed by atoms with Gasteiger partial charge in [0.05, 0.1) is 11.9 Å². The van der Waals surface area contributed by atoms with Crippen LogP contribution in [0.25, 0.3) is 11.3 Å². The highest BCUT2D eigenvalue weighted by Crippen LogP contribution is 2.20. The fourth-order valence-electron chi connectivity index (χ4n) is 1.72. The molecule has 3 aromatic rings. The van der Waals surface area contributed by atoms with E-state index < -0.39 is 5.95 Å². The predicted molar refractivity (Wildman–Crippen MR) is 72.7 cm³/mol. The quantitative estimate of drug-likeness (QED) is 0.739. The molecule has 0 fully saturated rings. The van der Waals surface area contributed by atoms with Gasteiger partial charge in [-0.3, -0.25) is 4.98 Å². The van der Waals surface area contributed by atoms with Crippen LogP contribution in [0.4, 0.5) is 16.0 Å². The van der Waals surface area contributed by atoms with Gasteiger partial charge >= 0.3 is 0 Å². The number of nitrogens with one attached hydrogen (secondary N) is 1. The Labute approximate surface area is 114 Å². The lowest BCUT2D eigenvalue weighted by Crippen LogP contribution is -1.97. The van der Waals surface area contributed by atoms with Gasteiger partial charge in [-0.1, -0.05) is 6.07 Å². The van der Waals surface area contributed by atoms with E-state index in [4.69, 9.17) is 0 Å². The van der Waals surface area contributed by atoms with Crippen molar-refractivity contribution in [2.45, 2.75) is 0 Å². The molecule has 0 aromatic carbocycles. The highest BCUT2D eigenvalue weighted by Gasteiger charge is 2.03.